The van der Waals surface area contributed by atoms with Crippen LogP contribution in [0, 0.1) is 30.6 Å². The summed E-state index contributed by atoms with van der Waals surface area (Å²) in [5.74, 6) is -1.37. The maximum atomic E-state index is 13.3. The summed E-state index contributed by atoms with van der Waals surface area (Å²) >= 11 is 0. The fraction of sp³-hybridized carbons (Fsp3) is 0.375. The van der Waals surface area contributed by atoms with E-state index in [1.54, 1.807) is 34.6 Å². The number of nitrogens with one attached hydrogen (secondary N) is 1. The number of esters is 1. The number of benzene rings is 1. The van der Waals surface area contributed by atoms with Gasteiger partial charge in [-0.05, 0) is 38.5 Å². The second-order valence-corrected chi connectivity index (χ2v) is 8.44. The molecule has 0 aliphatic heterocycles. The van der Waals surface area contributed by atoms with Crippen LogP contribution in [0.1, 0.15) is 71.2 Å². The lowest BCUT2D eigenvalue weighted by Gasteiger charge is -2.26. The number of rotatable bonds is 5. The molecule has 0 saturated carbocycles. The van der Waals surface area contributed by atoms with Crippen LogP contribution in [0.4, 0.5) is 13.2 Å². The van der Waals surface area contributed by atoms with Crippen molar-refractivity contribution in [1.82, 2.24) is 15.3 Å². The van der Waals surface area contributed by atoms with Gasteiger partial charge >= 0.3 is 12.1 Å². The highest BCUT2D eigenvalue weighted by molar-refractivity contribution is 6.05. The lowest BCUT2D eigenvalue weighted by Crippen LogP contribution is -2.33. The predicted molar refractivity (Wildman–Crippen MR) is 118 cm³/mol. The van der Waals surface area contributed by atoms with E-state index >= 15 is 0 Å². The molecule has 10 heteroatoms. The molecule has 0 spiro atoms. The SMILES string of the molecule is CCOC(=O)c1c(C)nc(C)nc1C(=O)NC(=C(C#N)c1cccc(C(F)(F)F)c1)C(C)(C)C. The zero-order valence-electron chi connectivity index (χ0n) is 19.7. The average Bonchev–Trinajstić information content (AvgIpc) is 2.72. The molecule has 0 radical (unpaired) electrons. The summed E-state index contributed by atoms with van der Waals surface area (Å²) in [7, 11) is 0. The van der Waals surface area contributed by atoms with Crippen molar-refractivity contribution in [1.29, 1.82) is 5.26 Å². The van der Waals surface area contributed by atoms with Crippen molar-refractivity contribution < 1.29 is 27.5 Å². The van der Waals surface area contributed by atoms with Crippen molar-refractivity contribution in [2.75, 3.05) is 6.61 Å². The van der Waals surface area contributed by atoms with Gasteiger partial charge in [-0.2, -0.15) is 18.4 Å². The number of carbonyl (C=O) groups is 2. The van der Waals surface area contributed by atoms with Crippen LogP contribution in [-0.2, 0) is 10.9 Å². The number of allylic oxidation sites excluding steroid dienone is 2. The van der Waals surface area contributed by atoms with Gasteiger partial charge < -0.3 is 10.1 Å². The molecule has 0 aliphatic carbocycles. The number of halogens is 3. The molecule has 1 N–H and O–H groups in total. The van der Waals surface area contributed by atoms with Crippen molar-refractivity contribution in [2.45, 2.75) is 47.7 Å². The van der Waals surface area contributed by atoms with Gasteiger partial charge in [0.25, 0.3) is 5.91 Å². The van der Waals surface area contributed by atoms with Gasteiger partial charge in [-0.3, -0.25) is 4.79 Å². The molecule has 7 nitrogen and oxygen atoms in total. The third-order valence-electron chi connectivity index (χ3n) is 4.73. The second kappa shape index (κ2) is 10.0. The zero-order chi connectivity index (χ0) is 25.8. The molecule has 34 heavy (non-hydrogen) atoms. The third-order valence-corrected chi connectivity index (χ3v) is 4.73. The van der Waals surface area contributed by atoms with Crippen LogP contribution in [-0.4, -0.2) is 28.5 Å². The first-order valence-electron chi connectivity index (χ1n) is 10.4. The van der Waals surface area contributed by atoms with Crippen molar-refractivity contribution in [3.05, 3.63) is 63.9 Å². The van der Waals surface area contributed by atoms with E-state index in [0.29, 0.717) is 0 Å². The van der Waals surface area contributed by atoms with Crippen molar-refractivity contribution in [3.8, 4) is 6.07 Å². The Kier molecular flexibility index (Phi) is 7.82. The molecule has 1 aromatic carbocycles. The standard InChI is InChI=1S/C24H25F3N4O3/c1-7-34-22(33)18-13(2)29-14(3)30-19(18)21(32)31-20(23(4,5)6)17(12-28)15-9-8-10-16(11-15)24(25,26)27/h8-11H,7H2,1-6H3,(H,31,32). The van der Waals surface area contributed by atoms with Gasteiger partial charge in [-0.15, -0.1) is 0 Å². The summed E-state index contributed by atoms with van der Waals surface area (Å²) in [6.45, 7) is 9.82. The first-order chi connectivity index (χ1) is 15.7. The zero-order valence-corrected chi connectivity index (χ0v) is 19.7. The van der Waals surface area contributed by atoms with Crippen LogP contribution in [0.25, 0.3) is 5.57 Å². The van der Waals surface area contributed by atoms with Gasteiger partial charge in [0.15, 0.2) is 0 Å². The van der Waals surface area contributed by atoms with E-state index in [1.165, 1.54) is 19.1 Å². The normalized spacial score (nSPS) is 12.5. The quantitative estimate of drug-likeness (QED) is 0.483. The van der Waals surface area contributed by atoms with Crippen molar-refractivity contribution in [2.24, 2.45) is 5.41 Å². The summed E-state index contributed by atoms with van der Waals surface area (Å²) in [6, 6.07) is 6.20. The Morgan fingerprint density at radius 1 is 1.15 bits per heavy atom. The molecule has 0 aliphatic rings. The minimum Gasteiger partial charge on any atom is -0.462 e. The van der Waals surface area contributed by atoms with E-state index in [1.807, 2.05) is 6.07 Å². The van der Waals surface area contributed by atoms with Crippen LogP contribution in [0.15, 0.2) is 30.0 Å². The summed E-state index contributed by atoms with van der Waals surface area (Å²) in [6.07, 6.45) is -4.60. The average molecular weight is 474 g/mol. The summed E-state index contributed by atoms with van der Waals surface area (Å²) in [4.78, 5) is 34.0. The molecule has 0 fully saturated rings. The monoisotopic (exact) mass is 474 g/mol. The van der Waals surface area contributed by atoms with Gasteiger partial charge in [0.05, 0.1) is 23.4 Å². The molecule has 1 heterocycles. The number of amides is 1. The number of aromatic nitrogens is 2. The second-order valence-electron chi connectivity index (χ2n) is 8.44. The summed E-state index contributed by atoms with van der Waals surface area (Å²) < 4.78 is 44.7. The predicted octanol–water partition coefficient (Wildman–Crippen LogP) is 5.00. The highest BCUT2D eigenvalue weighted by Gasteiger charge is 2.32. The number of alkyl halides is 3. The fourth-order valence-corrected chi connectivity index (χ4v) is 3.24. The van der Waals surface area contributed by atoms with E-state index in [0.717, 1.165) is 12.1 Å². The molecule has 1 aromatic heterocycles. The molecule has 0 atom stereocenters. The Balaban J connectivity index is 2.68. The summed E-state index contributed by atoms with van der Waals surface area (Å²) in [5.41, 5.74) is -2.03. The minimum atomic E-state index is -4.60. The Labute approximate surface area is 195 Å². The number of nitriles is 1. The Morgan fingerprint density at radius 3 is 2.32 bits per heavy atom. The number of hydrogen-bond donors (Lipinski definition) is 1. The summed E-state index contributed by atoms with van der Waals surface area (Å²) in [5, 5.41) is 12.5. The topological polar surface area (TPSA) is 105 Å². The van der Waals surface area contributed by atoms with Crippen molar-refractivity contribution in [3.63, 3.8) is 0 Å². The number of aryl methyl sites for hydroxylation is 2. The lowest BCUT2D eigenvalue weighted by molar-refractivity contribution is -0.137. The minimum absolute atomic E-state index is 0.0109. The molecule has 180 valence electrons. The molecule has 0 saturated heterocycles. The van der Waals surface area contributed by atoms with Crippen LogP contribution < -0.4 is 5.32 Å². The van der Waals surface area contributed by atoms with E-state index in [9.17, 15) is 28.0 Å². The first kappa shape index (κ1) is 26.5. The molecular formula is C24H25F3N4O3. The Bertz CT molecular complexity index is 1190. The highest BCUT2D eigenvalue weighted by Crippen LogP contribution is 2.34. The molecule has 2 rings (SSSR count). The van der Waals surface area contributed by atoms with Gasteiger partial charge in [0, 0.05) is 11.1 Å². The number of ether oxygens (including phenoxy) is 1. The first-order valence-corrected chi connectivity index (χ1v) is 10.4. The lowest BCUT2D eigenvalue weighted by atomic mass is 9.86. The molecule has 0 unspecified atom stereocenters. The van der Waals surface area contributed by atoms with Gasteiger partial charge in [-0.25, -0.2) is 14.8 Å². The van der Waals surface area contributed by atoms with E-state index in [-0.39, 0.29) is 46.2 Å². The molecule has 2 aromatic rings. The molecule has 0 bridgehead atoms. The number of carbonyl (C=O) groups excluding carboxylic acids is 2. The van der Waals surface area contributed by atoms with E-state index < -0.39 is 29.0 Å². The van der Waals surface area contributed by atoms with Gasteiger partial charge in [0.2, 0.25) is 0 Å². The largest absolute Gasteiger partial charge is 0.462 e. The smallest absolute Gasteiger partial charge is 0.416 e. The number of nitrogens with zero attached hydrogens (tertiary/aromatic N) is 3. The highest BCUT2D eigenvalue weighted by atomic mass is 19.4. The van der Waals surface area contributed by atoms with Crippen LogP contribution in [0.5, 0.6) is 0 Å². The van der Waals surface area contributed by atoms with E-state index in [4.69, 9.17) is 4.74 Å². The van der Waals surface area contributed by atoms with Crippen LogP contribution >= 0.6 is 0 Å². The van der Waals surface area contributed by atoms with Gasteiger partial charge in [0.1, 0.15) is 23.2 Å². The molecule has 1 amide bonds. The van der Waals surface area contributed by atoms with Crippen molar-refractivity contribution >= 4 is 17.4 Å². The van der Waals surface area contributed by atoms with Crippen LogP contribution in [0.2, 0.25) is 0 Å². The van der Waals surface area contributed by atoms with Crippen LogP contribution in [0.3, 0.4) is 0 Å². The number of hydrogen-bond acceptors (Lipinski definition) is 6. The fourth-order valence-electron chi connectivity index (χ4n) is 3.24. The van der Waals surface area contributed by atoms with Gasteiger partial charge in [-0.1, -0.05) is 32.9 Å². The maximum Gasteiger partial charge on any atom is 0.416 e. The molecular weight excluding hydrogens is 449 g/mol. The Hall–Kier alpha value is -3.74. The maximum absolute atomic E-state index is 13.3. The third kappa shape index (κ3) is 5.98. The Morgan fingerprint density at radius 2 is 1.79 bits per heavy atom. The van der Waals surface area contributed by atoms with E-state index in [2.05, 4.69) is 15.3 Å².